The molecule has 0 aromatic heterocycles. The number of methoxy groups -OCH3 is 1. The van der Waals surface area contributed by atoms with Crippen molar-refractivity contribution in [3.8, 4) is 5.75 Å². The van der Waals surface area contributed by atoms with Crippen molar-refractivity contribution in [3.63, 3.8) is 0 Å². The van der Waals surface area contributed by atoms with Crippen LogP contribution in [-0.4, -0.2) is 39.3 Å². The molecule has 0 bridgehead atoms. The molecular weight excluding hydrogens is 280 g/mol. The van der Waals surface area contributed by atoms with E-state index in [1.165, 1.54) is 19.3 Å². The molecule has 0 saturated carbocycles. The summed E-state index contributed by atoms with van der Waals surface area (Å²) in [4.78, 5) is 11.8. The number of benzene rings is 1. The molecule has 0 aliphatic heterocycles. The van der Waals surface area contributed by atoms with Crippen molar-refractivity contribution >= 4 is 11.6 Å². The van der Waals surface area contributed by atoms with Gasteiger partial charge in [0.25, 0.3) is 0 Å². The van der Waals surface area contributed by atoms with Crippen LogP contribution in [0.3, 0.4) is 0 Å². The molecule has 1 aromatic carbocycles. The Labute approximate surface area is 133 Å². The Kier molecular flexibility index (Phi) is 10.1. The van der Waals surface area contributed by atoms with Crippen LogP contribution in [0.1, 0.15) is 32.6 Å². The highest BCUT2D eigenvalue weighted by Gasteiger charge is 2.03. The second-order valence-electron chi connectivity index (χ2n) is 5.15. The summed E-state index contributed by atoms with van der Waals surface area (Å²) in [6, 6.07) is 7.51. The Morgan fingerprint density at radius 3 is 2.82 bits per heavy atom. The van der Waals surface area contributed by atoms with Crippen LogP contribution in [0.15, 0.2) is 24.3 Å². The van der Waals surface area contributed by atoms with E-state index in [9.17, 15) is 4.79 Å². The summed E-state index contributed by atoms with van der Waals surface area (Å²) in [5.74, 6) is 0.720. The van der Waals surface area contributed by atoms with E-state index in [4.69, 9.17) is 9.47 Å². The number of hydrogen-bond donors (Lipinski definition) is 2. The van der Waals surface area contributed by atoms with Crippen LogP contribution in [0.4, 0.5) is 5.69 Å². The molecule has 0 unspecified atom stereocenters. The molecule has 2 N–H and O–H groups in total. The standard InChI is InChI=1S/C17H28N2O3/c1-3-4-5-6-11-22-16-9-7-8-15(13-16)19-17(20)14-18-10-12-21-2/h7-9,13,18H,3-6,10-12,14H2,1-2H3,(H,19,20). The van der Waals surface area contributed by atoms with E-state index in [-0.39, 0.29) is 12.5 Å². The first kappa shape index (κ1) is 18.5. The second-order valence-corrected chi connectivity index (χ2v) is 5.15. The average Bonchev–Trinajstić information content (AvgIpc) is 2.52. The van der Waals surface area contributed by atoms with Gasteiger partial charge in [0.1, 0.15) is 5.75 Å². The number of hydrogen-bond acceptors (Lipinski definition) is 4. The summed E-state index contributed by atoms with van der Waals surface area (Å²) in [6.45, 7) is 4.43. The highest BCUT2D eigenvalue weighted by molar-refractivity contribution is 5.92. The Bertz CT molecular complexity index is 424. The van der Waals surface area contributed by atoms with Gasteiger partial charge in [0, 0.05) is 25.4 Å². The molecule has 1 rings (SSSR count). The summed E-state index contributed by atoms with van der Waals surface area (Å²) in [5, 5.41) is 5.85. The van der Waals surface area contributed by atoms with Gasteiger partial charge in [0.2, 0.25) is 5.91 Å². The summed E-state index contributed by atoms with van der Waals surface area (Å²) < 4.78 is 10.6. The summed E-state index contributed by atoms with van der Waals surface area (Å²) in [6.07, 6.45) is 4.73. The zero-order valence-corrected chi connectivity index (χ0v) is 13.7. The molecule has 0 spiro atoms. The zero-order valence-electron chi connectivity index (χ0n) is 13.7. The SMILES string of the molecule is CCCCCCOc1cccc(NC(=O)CNCCOC)c1. The molecule has 0 saturated heterocycles. The first-order chi connectivity index (χ1) is 10.8. The van der Waals surface area contributed by atoms with Gasteiger partial charge in [-0.15, -0.1) is 0 Å². The monoisotopic (exact) mass is 308 g/mol. The van der Waals surface area contributed by atoms with E-state index < -0.39 is 0 Å². The molecule has 0 aliphatic rings. The molecule has 1 amide bonds. The topological polar surface area (TPSA) is 59.6 Å². The van der Waals surface area contributed by atoms with E-state index in [0.29, 0.717) is 13.2 Å². The van der Waals surface area contributed by atoms with E-state index in [2.05, 4.69) is 17.6 Å². The molecule has 0 fully saturated rings. The lowest BCUT2D eigenvalue weighted by Crippen LogP contribution is -2.30. The predicted octanol–water partition coefficient (Wildman–Crippen LogP) is 2.82. The predicted molar refractivity (Wildman–Crippen MR) is 89.5 cm³/mol. The van der Waals surface area contributed by atoms with Crippen LogP contribution < -0.4 is 15.4 Å². The zero-order chi connectivity index (χ0) is 16.0. The van der Waals surface area contributed by atoms with Gasteiger partial charge in [-0.2, -0.15) is 0 Å². The number of rotatable bonds is 12. The molecule has 0 heterocycles. The Morgan fingerprint density at radius 2 is 2.05 bits per heavy atom. The molecule has 124 valence electrons. The van der Waals surface area contributed by atoms with Crippen LogP contribution >= 0.6 is 0 Å². The van der Waals surface area contributed by atoms with Gasteiger partial charge in [-0.05, 0) is 18.6 Å². The minimum atomic E-state index is -0.0730. The van der Waals surface area contributed by atoms with Crippen LogP contribution in [0.2, 0.25) is 0 Å². The summed E-state index contributed by atoms with van der Waals surface area (Å²) in [5.41, 5.74) is 0.754. The lowest BCUT2D eigenvalue weighted by Gasteiger charge is -2.09. The summed E-state index contributed by atoms with van der Waals surface area (Å²) >= 11 is 0. The number of anilines is 1. The number of nitrogens with one attached hydrogen (secondary N) is 2. The molecule has 1 aromatic rings. The van der Waals surface area contributed by atoms with Crippen molar-refractivity contribution in [2.75, 3.05) is 38.7 Å². The Hall–Kier alpha value is -1.59. The number of unbranched alkanes of at least 4 members (excludes halogenated alkanes) is 3. The fourth-order valence-electron chi connectivity index (χ4n) is 1.96. The van der Waals surface area contributed by atoms with Gasteiger partial charge in [-0.25, -0.2) is 0 Å². The minimum absolute atomic E-state index is 0.0730. The van der Waals surface area contributed by atoms with E-state index in [1.54, 1.807) is 7.11 Å². The van der Waals surface area contributed by atoms with Crippen LogP contribution in [0, 0.1) is 0 Å². The van der Waals surface area contributed by atoms with E-state index >= 15 is 0 Å². The third kappa shape index (κ3) is 8.64. The highest BCUT2D eigenvalue weighted by atomic mass is 16.5. The normalized spacial score (nSPS) is 10.5. The van der Waals surface area contributed by atoms with Gasteiger partial charge in [-0.1, -0.05) is 32.3 Å². The maximum absolute atomic E-state index is 11.8. The number of carbonyl (C=O) groups is 1. The first-order valence-electron chi connectivity index (χ1n) is 7.98. The smallest absolute Gasteiger partial charge is 0.238 e. The molecule has 22 heavy (non-hydrogen) atoms. The fourth-order valence-corrected chi connectivity index (χ4v) is 1.96. The highest BCUT2D eigenvalue weighted by Crippen LogP contribution is 2.17. The molecule has 0 radical (unpaired) electrons. The van der Waals surface area contributed by atoms with Crippen molar-refractivity contribution in [2.24, 2.45) is 0 Å². The molecular formula is C17H28N2O3. The second kappa shape index (κ2) is 12.0. The summed E-state index contributed by atoms with van der Waals surface area (Å²) in [7, 11) is 1.63. The largest absolute Gasteiger partial charge is 0.494 e. The van der Waals surface area contributed by atoms with E-state index in [1.807, 2.05) is 24.3 Å². The molecule has 5 heteroatoms. The average molecular weight is 308 g/mol. The lowest BCUT2D eigenvalue weighted by atomic mass is 10.2. The van der Waals surface area contributed by atoms with Crippen molar-refractivity contribution in [1.82, 2.24) is 5.32 Å². The Balaban J connectivity index is 2.29. The molecule has 0 aliphatic carbocycles. The van der Waals surface area contributed by atoms with Crippen molar-refractivity contribution in [3.05, 3.63) is 24.3 Å². The van der Waals surface area contributed by atoms with Gasteiger partial charge in [0.05, 0.1) is 19.8 Å². The maximum Gasteiger partial charge on any atom is 0.238 e. The van der Waals surface area contributed by atoms with Crippen molar-refractivity contribution < 1.29 is 14.3 Å². The van der Waals surface area contributed by atoms with Gasteiger partial charge in [0.15, 0.2) is 0 Å². The van der Waals surface area contributed by atoms with Crippen LogP contribution in [-0.2, 0) is 9.53 Å². The number of ether oxygens (including phenoxy) is 2. The van der Waals surface area contributed by atoms with Crippen LogP contribution in [0.25, 0.3) is 0 Å². The van der Waals surface area contributed by atoms with Crippen molar-refractivity contribution in [2.45, 2.75) is 32.6 Å². The number of amides is 1. The number of carbonyl (C=O) groups excluding carboxylic acids is 1. The first-order valence-corrected chi connectivity index (χ1v) is 7.98. The quantitative estimate of drug-likeness (QED) is 0.583. The van der Waals surface area contributed by atoms with Crippen molar-refractivity contribution in [1.29, 1.82) is 0 Å². The minimum Gasteiger partial charge on any atom is -0.494 e. The van der Waals surface area contributed by atoms with E-state index in [0.717, 1.165) is 24.5 Å². The van der Waals surface area contributed by atoms with Crippen LogP contribution in [0.5, 0.6) is 5.75 Å². The van der Waals surface area contributed by atoms with Gasteiger partial charge in [-0.3, -0.25) is 4.79 Å². The molecule has 0 atom stereocenters. The van der Waals surface area contributed by atoms with Gasteiger partial charge >= 0.3 is 0 Å². The van der Waals surface area contributed by atoms with Gasteiger partial charge < -0.3 is 20.1 Å². The molecule has 5 nitrogen and oxygen atoms in total. The third-order valence-electron chi connectivity index (χ3n) is 3.15. The maximum atomic E-state index is 11.8. The lowest BCUT2D eigenvalue weighted by molar-refractivity contribution is -0.115. The fraction of sp³-hybridized carbons (Fsp3) is 0.588. The third-order valence-corrected chi connectivity index (χ3v) is 3.15. The Morgan fingerprint density at radius 1 is 1.18 bits per heavy atom.